The molecule has 0 aliphatic carbocycles. The van der Waals surface area contributed by atoms with E-state index in [2.05, 4.69) is 5.32 Å². The van der Waals surface area contributed by atoms with E-state index in [1.807, 2.05) is 52.8 Å². The van der Waals surface area contributed by atoms with Crippen LogP contribution >= 0.6 is 0 Å². The lowest BCUT2D eigenvalue weighted by Crippen LogP contribution is -2.35. The smallest absolute Gasteiger partial charge is 0.340 e. The molecule has 3 aromatic heterocycles. The standard InChI is InChI=1S/C25H27NO5/c1-13-11-20-23(24-22(13)15(3)17(5)30-24)16(4)19(25(28)31-20)12-21(27)26-14(2)8-9-18-7-6-10-29-18/h6-7,10-11,14H,8-9,12H2,1-5H3,(H,26,27). The van der Waals surface area contributed by atoms with Gasteiger partial charge in [0.25, 0.3) is 0 Å². The Balaban J connectivity index is 1.62. The minimum atomic E-state index is -0.484. The largest absolute Gasteiger partial charge is 0.469 e. The average molecular weight is 421 g/mol. The quantitative estimate of drug-likeness (QED) is 0.441. The highest BCUT2D eigenvalue weighted by Gasteiger charge is 2.21. The van der Waals surface area contributed by atoms with Gasteiger partial charge in [0.15, 0.2) is 0 Å². The SMILES string of the molecule is Cc1oc2c(c(C)cc3oc(=O)c(CC(=O)NC(C)CCc4ccco4)c(C)c32)c1C. The Morgan fingerprint density at radius 2 is 1.87 bits per heavy atom. The molecule has 6 nitrogen and oxygen atoms in total. The van der Waals surface area contributed by atoms with Gasteiger partial charge in [-0.3, -0.25) is 4.79 Å². The van der Waals surface area contributed by atoms with Crippen molar-refractivity contribution in [2.75, 3.05) is 0 Å². The summed E-state index contributed by atoms with van der Waals surface area (Å²) in [6.45, 7) is 9.71. The Hall–Kier alpha value is -3.28. The van der Waals surface area contributed by atoms with Crippen molar-refractivity contribution < 1.29 is 18.0 Å². The van der Waals surface area contributed by atoms with Gasteiger partial charge in [0.2, 0.25) is 5.91 Å². The number of hydrogen-bond acceptors (Lipinski definition) is 5. The lowest BCUT2D eigenvalue weighted by Gasteiger charge is -2.14. The van der Waals surface area contributed by atoms with Crippen LogP contribution in [0.15, 0.2) is 42.5 Å². The Labute approximate surface area is 180 Å². The number of nitrogens with one attached hydrogen (secondary N) is 1. The van der Waals surface area contributed by atoms with E-state index in [-0.39, 0.29) is 18.4 Å². The zero-order chi connectivity index (χ0) is 22.3. The van der Waals surface area contributed by atoms with E-state index in [0.717, 1.165) is 51.8 Å². The summed E-state index contributed by atoms with van der Waals surface area (Å²) < 4.78 is 17.0. The maximum Gasteiger partial charge on any atom is 0.340 e. The molecule has 0 saturated carbocycles. The fraction of sp³-hybridized carbons (Fsp3) is 0.360. The van der Waals surface area contributed by atoms with Crippen molar-refractivity contribution in [1.29, 1.82) is 0 Å². The summed E-state index contributed by atoms with van der Waals surface area (Å²) in [7, 11) is 0. The molecule has 0 radical (unpaired) electrons. The van der Waals surface area contributed by atoms with E-state index in [0.29, 0.717) is 16.7 Å². The molecule has 4 aromatic rings. The molecule has 162 valence electrons. The highest BCUT2D eigenvalue weighted by Crippen LogP contribution is 2.36. The molecule has 0 aliphatic heterocycles. The fourth-order valence-electron chi connectivity index (χ4n) is 4.21. The summed E-state index contributed by atoms with van der Waals surface area (Å²) in [6, 6.07) is 5.59. The van der Waals surface area contributed by atoms with Crippen molar-refractivity contribution in [2.45, 2.75) is 59.9 Å². The van der Waals surface area contributed by atoms with E-state index in [4.69, 9.17) is 13.3 Å². The van der Waals surface area contributed by atoms with Gasteiger partial charge in [-0.2, -0.15) is 0 Å². The van der Waals surface area contributed by atoms with Crippen LogP contribution in [-0.4, -0.2) is 11.9 Å². The predicted octanol–water partition coefficient (Wildman–Crippen LogP) is 5.05. The summed E-state index contributed by atoms with van der Waals surface area (Å²) in [6.07, 6.45) is 3.08. The van der Waals surface area contributed by atoms with Crippen LogP contribution < -0.4 is 10.9 Å². The molecular formula is C25H27NO5. The van der Waals surface area contributed by atoms with Crippen molar-refractivity contribution in [3.8, 4) is 0 Å². The van der Waals surface area contributed by atoms with Crippen LogP contribution in [0.4, 0.5) is 0 Å². The topological polar surface area (TPSA) is 85.6 Å². The predicted molar refractivity (Wildman–Crippen MR) is 120 cm³/mol. The molecule has 31 heavy (non-hydrogen) atoms. The van der Waals surface area contributed by atoms with Gasteiger partial charge in [0, 0.05) is 17.8 Å². The zero-order valence-electron chi connectivity index (χ0n) is 18.5. The molecule has 1 atom stereocenters. The first-order valence-corrected chi connectivity index (χ1v) is 10.5. The van der Waals surface area contributed by atoms with Crippen molar-refractivity contribution >= 4 is 27.8 Å². The van der Waals surface area contributed by atoms with Crippen LogP contribution in [0.1, 0.15) is 47.1 Å². The lowest BCUT2D eigenvalue weighted by atomic mass is 9.98. The van der Waals surface area contributed by atoms with Crippen LogP contribution in [-0.2, 0) is 17.6 Å². The van der Waals surface area contributed by atoms with E-state index in [9.17, 15) is 9.59 Å². The second-order valence-electron chi connectivity index (χ2n) is 8.31. The third kappa shape index (κ3) is 3.90. The number of furan rings is 2. The van der Waals surface area contributed by atoms with Gasteiger partial charge in [0.05, 0.1) is 23.6 Å². The highest BCUT2D eigenvalue weighted by molar-refractivity contribution is 6.07. The highest BCUT2D eigenvalue weighted by atomic mass is 16.4. The van der Waals surface area contributed by atoms with Crippen molar-refractivity contribution in [3.05, 3.63) is 68.7 Å². The molecule has 0 bridgehead atoms. The zero-order valence-corrected chi connectivity index (χ0v) is 18.5. The molecule has 1 N–H and O–H groups in total. The van der Waals surface area contributed by atoms with Crippen LogP contribution in [0.2, 0.25) is 0 Å². The third-order valence-electron chi connectivity index (χ3n) is 6.03. The van der Waals surface area contributed by atoms with Gasteiger partial charge in [0.1, 0.15) is 22.7 Å². The van der Waals surface area contributed by atoms with Gasteiger partial charge < -0.3 is 18.6 Å². The monoisotopic (exact) mass is 421 g/mol. The molecule has 1 aromatic carbocycles. The van der Waals surface area contributed by atoms with E-state index in [1.165, 1.54) is 0 Å². The normalized spacial score (nSPS) is 12.5. The molecular weight excluding hydrogens is 394 g/mol. The molecule has 3 heterocycles. The number of benzene rings is 1. The summed E-state index contributed by atoms with van der Waals surface area (Å²) in [4.78, 5) is 25.3. The average Bonchev–Trinajstić information content (AvgIpc) is 3.32. The first-order valence-electron chi connectivity index (χ1n) is 10.5. The summed E-state index contributed by atoms with van der Waals surface area (Å²) >= 11 is 0. The minimum absolute atomic E-state index is 0.0385. The molecule has 0 saturated heterocycles. The Morgan fingerprint density at radius 3 is 2.58 bits per heavy atom. The second-order valence-corrected chi connectivity index (χ2v) is 8.31. The Morgan fingerprint density at radius 1 is 1.10 bits per heavy atom. The molecule has 4 rings (SSSR count). The maximum atomic E-state index is 12.7. The van der Waals surface area contributed by atoms with Gasteiger partial charge in [-0.15, -0.1) is 0 Å². The Kier molecular flexibility index (Phi) is 5.48. The fourth-order valence-corrected chi connectivity index (χ4v) is 4.21. The number of rotatable bonds is 6. The van der Waals surface area contributed by atoms with Crippen LogP contribution in [0.25, 0.3) is 21.9 Å². The number of fused-ring (bicyclic) bond motifs is 3. The van der Waals surface area contributed by atoms with Gasteiger partial charge >= 0.3 is 5.63 Å². The lowest BCUT2D eigenvalue weighted by molar-refractivity contribution is -0.121. The van der Waals surface area contributed by atoms with Crippen LogP contribution in [0, 0.1) is 27.7 Å². The number of amides is 1. The molecule has 1 amide bonds. The molecule has 0 aliphatic rings. The third-order valence-corrected chi connectivity index (χ3v) is 6.03. The van der Waals surface area contributed by atoms with E-state index in [1.54, 1.807) is 6.26 Å². The molecule has 0 spiro atoms. The number of hydrogen-bond donors (Lipinski definition) is 1. The van der Waals surface area contributed by atoms with Gasteiger partial charge in [-0.05, 0) is 75.9 Å². The number of carbonyl (C=O) groups excluding carboxylic acids is 1. The van der Waals surface area contributed by atoms with Crippen LogP contribution in [0.5, 0.6) is 0 Å². The van der Waals surface area contributed by atoms with Gasteiger partial charge in [-0.25, -0.2) is 4.79 Å². The van der Waals surface area contributed by atoms with Crippen LogP contribution in [0.3, 0.4) is 0 Å². The summed E-state index contributed by atoms with van der Waals surface area (Å²) in [5.74, 6) is 1.51. The number of carbonyl (C=O) groups is 1. The van der Waals surface area contributed by atoms with Crippen molar-refractivity contribution in [3.63, 3.8) is 0 Å². The number of aryl methyl sites for hydroxylation is 5. The molecule has 6 heteroatoms. The first-order chi connectivity index (χ1) is 14.8. The van der Waals surface area contributed by atoms with E-state index < -0.39 is 5.63 Å². The van der Waals surface area contributed by atoms with Crippen molar-refractivity contribution in [1.82, 2.24) is 5.32 Å². The first kappa shape index (κ1) is 21.0. The summed E-state index contributed by atoms with van der Waals surface area (Å²) in [5.41, 5.74) is 3.86. The second kappa shape index (κ2) is 8.10. The molecule has 0 fully saturated rings. The van der Waals surface area contributed by atoms with E-state index >= 15 is 0 Å². The van der Waals surface area contributed by atoms with Gasteiger partial charge in [-0.1, -0.05) is 0 Å². The Bertz CT molecular complexity index is 1320. The molecule has 1 unspecified atom stereocenters. The maximum absolute atomic E-state index is 12.7. The summed E-state index contributed by atoms with van der Waals surface area (Å²) in [5, 5.41) is 4.75. The minimum Gasteiger partial charge on any atom is -0.469 e. The van der Waals surface area contributed by atoms with Crippen molar-refractivity contribution in [2.24, 2.45) is 0 Å².